The van der Waals surface area contributed by atoms with Crippen molar-refractivity contribution in [3.05, 3.63) is 95.1 Å². The summed E-state index contributed by atoms with van der Waals surface area (Å²) in [5.74, 6) is 1.00. The van der Waals surface area contributed by atoms with Gasteiger partial charge in [0.1, 0.15) is 0 Å². The molecule has 0 fully saturated rings. The van der Waals surface area contributed by atoms with E-state index in [4.69, 9.17) is 0 Å². The summed E-state index contributed by atoms with van der Waals surface area (Å²) in [5, 5.41) is 12.7. The summed E-state index contributed by atoms with van der Waals surface area (Å²) in [7, 11) is 0. The number of hydrogen-bond acceptors (Lipinski definition) is 4. The van der Waals surface area contributed by atoms with Crippen LogP contribution in [-0.4, -0.2) is 26.4 Å². The molecular formula is C26H26N4OS. The number of benzene rings is 3. The third-order valence-corrected chi connectivity index (χ3v) is 6.22. The zero-order valence-corrected chi connectivity index (χ0v) is 19.3. The van der Waals surface area contributed by atoms with E-state index in [-0.39, 0.29) is 11.7 Å². The Morgan fingerprint density at radius 2 is 1.62 bits per heavy atom. The highest BCUT2D eigenvalue weighted by Gasteiger charge is 2.17. The van der Waals surface area contributed by atoms with E-state index in [2.05, 4.69) is 51.3 Å². The number of para-hydroxylation sites is 1. The lowest BCUT2D eigenvalue weighted by Crippen LogP contribution is -2.16. The molecule has 0 atom stereocenters. The fourth-order valence-electron chi connectivity index (χ4n) is 3.62. The number of nitrogens with one attached hydrogen (secondary N) is 1. The number of carbonyl (C=O) groups is 1. The summed E-state index contributed by atoms with van der Waals surface area (Å²) in [4.78, 5) is 12.7. The lowest BCUT2D eigenvalue weighted by atomic mass is 10.1. The highest BCUT2D eigenvalue weighted by Crippen LogP contribution is 2.26. The minimum absolute atomic E-state index is 0.0567. The van der Waals surface area contributed by atoms with Crippen LogP contribution in [0.15, 0.2) is 78.0 Å². The van der Waals surface area contributed by atoms with Gasteiger partial charge in [0.15, 0.2) is 11.0 Å². The molecule has 0 aliphatic rings. The zero-order chi connectivity index (χ0) is 22.5. The second-order valence-electron chi connectivity index (χ2n) is 7.85. The number of carbonyl (C=O) groups excluding carboxylic acids is 1. The molecule has 1 amide bonds. The highest BCUT2D eigenvalue weighted by molar-refractivity contribution is 7.99. The quantitative estimate of drug-likeness (QED) is 0.376. The Hall–Kier alpha value is -3.38. The SMILES string of the molecule is Cc1cccc(-c2nnc(SCC(=O)Nc3c(C)cccc3C)n2Cc2ccccc2)c1. The predicted octanol–water partition coefficient (Wildman–Crippen LogP) is 5.65. The normalized spacial score (nSPS) is 10.8. The van der Waals surface area contributed by atoms with Crippen molar-refractivity contribution in [2.24, 2.45) is 0 Å². The lowest BCUT2D eigenvalue weighted by molar-refractivity contribution is -0.113. The van der Waals surface area contributed by atoms with Gasteiger partial charge in [-0.15, -0.1) is 10.2 Å². The van der Waals surface area contributed by atoms with Gasteiger partial charge in [0.25, 0.3) is 0 Å². The highest BCUT2D eigenvalue weighted by atomic mass is 32.2. The number of rotatable bonds is 7. The first kappa shape index (κ1) is 21.8. The average Bonchev–Trinajstić information content (AvgIpc) is 3.18. The van der Waals surface area contributed by atoms with Gasteiger partial charge in [-0.25, -0.2) is 0 Å². The van der Waals surface area contributed by atoms with E-state index in [9.17, 15) is 4.79 Å². The summed E-state index contributed by atoms with van der Waals surface area (Å²) >= 11 is 1.40. The van der Waals surface area contributed by atoms with Gasteiger partial charge in [-0.1, -0.05) is 84.1 Å². The Morgan fingerprint density at radius 3 is 2.34 bits per heavy atom. The van der Waals surface area contributed by atoms with E-state index in [0.717, 1.165) is 38.9 Å². The maximum atomic E-state index is 12.7. The van der Waals surface area contributed by atoms with E-state index < -0.39 is 0 Å². The largest absolute Gasteiger partial charge is 0.325 e. The van der Waals surface area contributed by atoms with Crippen LogP contribution in [0, 0.1) is 20.8 Å². The molecule has 162 valence electrons. The van der Waals surface area contributed by atoms with Crippen molar-refractivity contribution in [2.45, 2.75) is 32.5 Å². The summed E-state index contributed by atoms with van der Waals surface area (Å²) in [6.45, 7) is 6.70. The van der Waals surface area contributed by atoms with Crippen molar-refractivity contribution in [2.75, 3.05) is 11.1 Å². The molecule has 0 aliphatic carbocycles. The summed E-state index contributed by atoms with van der Waals surface area (Å²) < 4.78 is 2.08. The van der Waals surface area contributed by atoms with Crippen molar-refractivity contribution >= 4 is 23.4 Å². The standard InChI is InChI=1S/C26H26N4OS/c1-18-9-7-14-22(15-18)25-28-29-26(30(25)16-21-12-5-4-6-13-21)32-17-23(31)27-24-19(2)10-8-11-20(24)3/h4-15H,16-17H2,1-3H3,(H,27,31). The topological polar surface area (TPSA) is 59.8 Å². The fourth-order valence-corrected chi connectivity index (χ4v) is 4.36. The molecule has 0 radical (unpaired) electrons. The van der Waals surface area contributed by atoms with Crippen molar-refractivity contribution in [3.63, 3.8) is 0 Å². The Kier molecular flexibility index (Phi) is 6.71. The Balaban J connectivity index is 1.57. The molecule has 32 heavy (non-hydrogen) atoms. The van der Waals surface area contributed by atoms with Gasteiger partial charge >= 0.3 is 0 Å². The number of aromatic nitrogens is 3. The Labute approximate surface area is 192 Å². The molecule has 0 aliphatic heterocycles. The molecule has 0 saturated carbocycles. The first-order valence-electron chi connectivity index (χ1n) is 10.5. The number of thioether (sulfide) groups is 1. The molecule has 0 saturated heterocycles. The molecule has 1 N–H and O–H groups in total. The van der Waals surface area contributed by atoms with Gasteiger partial charge in [-0.3, -0.25) is 9.36 Å². The van der Waals surface area contributed by atoms with Crippen molar-refractivity contribution in [1.29, 1.82) is 0 Å². The minimum Gasteiger partial charge on any atom is -0.325 e. The zero-order valence-electron chi connectivity index (χ0n) is 18.5. The van der Waals surface area contributed by atoms with Crippen LogP contribution >= 0.6 is 11.8 Å². The maximum absolute atomic E-state index is 12.7. The van der Waals surface area contributed by atoms with E-state index in [0.29, 0.717) is 6.54 Å². The second-order valence-corrected chi connectivity index (χ2v) is 8.79. The Bertz CT molecular complexity index is 1210. The number of amides is 1. The van der Waals surface area contributed by atoms with Gasteiger partial charge < -0.3 is 5.32 Å². The lowest BCUT2D eigenvalue weighted by Gasteiger charge is -2.12. The molecule has 0 spiro atoms. The second kappa shape index (κ2) is 9.83. The predicted molar refractivity (Wildman–Crippen MR) is 131 cm³/mol. The number of anilines is 1. The summed E-state index contributed by atoms with van der Waals surface area (Å²) in [6.07, 6.45) is 0. The van der Waals surface area contributed by atoms with Gasteiger partial charge in [0.05, 0.1) is 12.3 Å². The van der Waals surface area contributed by atoms with Gasteiger partial charge in [0, 0.05) is 11.3 Å². The molecule has 0 unspecified atom stereocenters. The van der Waals surface area contributed by atoms with E-state index in [1.165, 1.54) is 17.3 Å². The molecule has 4 rings (SSSR count). The molecular weight excluding hydrogens is 416 g/mol. The van der Waals surface area contributed by atoms with Crippen molar-refractivity contribution < 1.29 is 4.79 Å². The van der Waals surface area contributed by atoms with E-state index in [1.54, 1.807) is 0 Å². The first-order chi connectivity index (χ1) is 15.5. The number of nitrogens with zero attached hydrogens (tertiary/aromatic N) is 3. The summed E-state index contributed by atoms with van der Waals surface area (Å²) in [5.41, 5.74) is 6.32. The molecule has 6 heteroatoms. The van der Waals surface area contributed by atoms with Crippen molar-refractivity contribution in [3.8, 4) is 11.4 Å². The van der Waals surface area contributed by atoms with Crippen LogP contribution in [0.25, 0.3) is 11.4 Å². The summed E-state index contributed by atoms with van der Waals surface area (Å²) in [6, 6.07) is 24.5. The maximum Gasteiger partial charge on any atom is 0.234 e. The van der Waals surface area contributed by atoms with Crippen molar-refractivity contribution in [1.82, 2.24) is 14.8 Å². The minimum atomic E-state index is -0.0567. The third kappa shape index (κ3) is 5.08. The number of aryl methyl sites for hydroxylation is 3. The van der Waals surface area contributed by atoms with E-state index in [1.807, 2.05) is 62.4 Å². The van der Waals surface area contributed by atoms with Crippen LogP contribution < -0.4 is 5.32 Å². The van der Waals surface area contributed by atoms with Crippen LogP contribution in [0.5, 0.6) is 0 Å². The monoisotopic (exact) mass is 442 g/mol. The molecule has 0 bridgehead atoms. The number of hydrogen-bond donors (Lipinski definition) is 1. The molecule has 4 aromatic rings. The average molecular weight is 443 g/mol. The van der Waals surface area contributed by atoms with Crippen LogP contribution in [0.4, 0.5) is 5.69 Å². The van der Waals surface area contributed by atoms with E-state index >= 15 is 0 Å². The van der Waals surface area contributed by atoms with Gasteiger partial charge in [-0.05, 0) is 43.5 Å². The smallest absolute Gasteiger partial charge is 0.234 e. The van der Waals surface area contributed by atoms with Crippen LogP contribution in [-0.2, 0) is 11.3 Å². The molecule has 5 nitrogen and oxygen atoms in total. The first-order valence-corrected chi connectivity index (χ1v) is 11.5. The van der Waals surface area contributed by atoms with Crippen LogP contribution in [0.1, 0.15) is 22.3 Å². The Morgan fingerprint density at radius 1 is 0.906 bits per heavy atom. The fraction of sp³-hybridized carbons (Fsp3) is 0.192. The molecule has 1 heterocycles. The van der Waals surface area contributed by atoms with Gasteiger partial charge in [0.2, 0.25) is 5.91 Å². The van der Waals surface area contributed by atoms with Crippen LogP contribution in [0.2, 0.25) is 0 Å². The third-order valence-electron chi connectivity index (χ3n) is 5.25. The van der Waals surface area contributed by atoms with Crippen LogP contribution in [0.3, 0.4) is 0 Å². The molecule has 3 aromatic carbocycles. The molecule has 1 aromatic heterocycles. The van der Waals surface area contributed by atoms with Gasteiger partial charge in [-0.2, -0.15) is 0 Å².